The Morgan fingerprint density at radius 2 is 2.03 bits per heavy atom. The third kappa shape index (κ3) is 5.92. The lowest BCUT2D eigenvalue weighted by Gasteiger charge is -2.46. The number of esters is 1. The molecule has 2 N–H and O–H groups in total. The van der Waals surface area contributed by atoms with Gasteiger partial charge in [0.05, 0.1) is 18.1 Å². The maximum atomic E-state index is 12.7. The van der Waals surface area contributed by atoms with Crippen molar-refractivity contribution in [3.63, 3.8) is 0 Å². The van der Waals surface area contributed by atoms with Crippen molar-refractivity contribution in [2.75, 3.05) is 0 Å². The first-order valence-electron chi connectivity index (χ1n) is 11.0. The normalized spacial score (nSPS) is 31.3. The summed E-state index contributed by atoms with van der Waals surface area (Å²) in [6.07, 6.45) is 11.5. The molecule has 170 valence electrons. The van der Waals surface area contributed by atoms with E-state index in [2.05, 4.69) is 13.5 Å². The van der Waals surface area contributed by atoms with Crippen molar-refractivity contribution in [1.29, 1.82) is 0 Å². The van der Waals surface area contributed by atoms with Crippen LogP contribution in [0.3, 0.4) is 0 Å². The molecule has 4 unspecified atom stereocenters. The average molecular weight is 429 g/mol. The number of rotatable bonds is 8. The smallest absolute Gasteiger partial charge is 0.312 e. The SMILES string of the molecule is C=C(C)C1C[C@@]2(C)C(=CC1=O)C=C[C@@H](OC(=O)C(C)C(O)/C=C/C=C/CC(C)O)[C@@H]2C. The Morgan fingerprint density at radius 1 is 1.35 bits per heavy atom. The van der Waals surface area contributed by atoms with Crippen LogP contribution in [0.2, 0.25) is 0 Å². The van der Waals surface area contributed by atoms with Crippen molar-refractivity contribution in [3.8, 4) is 0 Å². The number of aliphatic hydroxyl groups is 2. The van der Waals surface area contributed by atoms with E-state index in [0.29, 0.717) is 12.8 Å². The summed E-state index contributed by atoms with van der Waals surface area (Å²) in [6.45, 7) is 13.3. The van der Waals surface area contributed by atoms with E-state index < -0.39 is 30.2 Å². The van der Waals surface area contributed by atoms with E-state index in [1.54, 1.807) is 38.2 Å². The Balaban J connectivity index is 2.05. The van der Waals surface area contributed by atoms with E-state index in [1.807, 2.05) is 26.0 Å². The fourth-order valence-corrected chi connectivity index (χ4v) is 4.11. The van der Waals surface area contributed by atoms with E-state index in [9.17, 15) is 19.8 Å². The number of carbonyl (C=O) groups excluding carboxylic acids is 2. The van der Waals surface area contributed by atoms with E-state index >= 15 is 0 Å². The minimum absolute atomic E-state index is 0.0223. The zero-order valence-corrected chi connectivity index (χ0v) is 19.2. The molecule has 31 heavy (non-hydrogen) atoms. The van der Waals surface area contributed by atoms with Gasteiger partial charge in [-0.3, -0.25) is 9.59 Å². The van der Waals surface area contributed by atoms with Gasteiger partial charge < -0.3 is 14.9 Å². The Hall–Kier alpha value is -2.24. The van der Waals surface area contributed by atoms with Crippen LogP contribution in [0.5, 0.6) is 0 Å². The largest absolute Gasteiger partial charge is 0.458 e. The molecule has 2 rings (SSSR count). The molecule has 7 atom stereocenters. The maximum Gasteiger partial charge on any atom is 0.312 e. The molecule has 0 aromatic carbocycles. The van der Waals surface area contributed by atoms with Crippen LogP contribution in [-0.2, 0) is 14.3 Å². The van der Waals surface area contributed by atoms with E-state index in [1.165, 1.54) is 6.08 Å². The van der Waals surface area contributed by atoms with Crippen molar-refractivity contribution in [2.24, 2.45) is 23.2 Å². The van der Waals surface area contributed by atoms with Crippen LogP contribution in [0, 0.1) is 23.2 Å². The molecule has 5 heteroatoms. The molecule has 2 aliphatic carbocycles. The van der Waals surface area contributed by atoms with Crippen LogP contribution < -0.4 is 0 Å². The standard InChI is InChI=1S/C26H36O5/c1-16(2)21-15-26(6)19(5)24(13-12-20(26)14-23(21)29)31-25(30)18(4)22(28)11-9-7-8-10-17(3)27/h7-9,11-14,17-19,21-22,24,27-28H,1,10,15H2,2-6H3/b8-7+,11-9+/t17?,18?,19-,21?,22?,24+,26+/m0/s1. The second-order valence-corrected chi connectivity index (χ2v) is 9.25. The Morgan fingerprint density at radius 3 is 2.65 bits per heavy atom. The van der Waals surface area contributed by atoms with Crippen LogP contribution >= 0.6 is 0 Å². The number of ether oxygens (including phenoxy) is 1. The molecule has 5 nitrogen and oxygen atoms in total. The summed E-state index contributed by atoms with van der Waals surface area (Å²) >= 11 is 0. The van der Waals surface area contributed by atoms with Crippen molar-refractivity contribution in [2.45, 2.75) is 65.8 Å². The minimum Gasteiger partial charge on any atom is -0.458 e. The van der Waals surface area contributed by atoms with Crippen LogP contribution in [0.15, 0.2) is 60.3 Å². The van der Waals surface area contributed by atoms with Crippen LogP contribution in [0.25, 0.3) is 0 Å². The monoisotopic (exact) mass is 428 g/mol. The number of carbonyl (C=O) groups is 2. The molecular formula is C26H36O5. The van der Waals surface area contributed by atoms with Crippen LogP contribution in [-0.4, -0.2) is 40.3 Å². The summed E-state index contributed by atoms with van der Waals surface area (Å²) in [4.78, 5) is 25.1. The molecule has 0 spiro atoms. The Labute approximate surface area is 185 Å². The molecule has 0 heterocycles. The number of hydrogen-bond acceptors (Lipinski definition) is 5. The van der Waals surface area contributed by atoms with E-state index in [-0.39, 0.29) is 23.0 Å². The lowest BCUT2D eigenvalue weighted by molar-refractivity contribution is -0.158. The molecular weight excluding hydrogens is 392 g/mol. The second-order valence-electron chi connectivity index (χ2n) is 9.25. The number of aliphatic hydroxyl groups excluding tert-OH is 2. The highest BCUT2D eigenvalue weighted by molar-refractivity contribution is 5.96. The highest BCUT2D eigenvalue weighted by atomic mass is 16.5. The predicted molar refractivity (Wildman–Crippen MR) is 122 cm³/mol. The summed E-state index contributed by atoms with van der Waals surface area (Å²) in [5.41, 5.74) is 1.52. The van der Waals surface area contributed by atoms with E-state index in [0.717, 1.165) is 11.1 Å². The highest BCUT2D eigenvalue weighted by Crippen LogP contribution is 2.50. The maximum absolute atomic E-state index is 12.7. The quantitative estimate of drug-likeness (QED) is 0.346. The van der Waals surface area contributed by atoms with Gasteiger partial charge in [-0.1, -0.05) is 56.4 Å². The lowest BCUT2D eigenvalue weighted by atomic mass is 9.59. The van der Waals surface area contributed by atoms with Gasteiger partial charge in [0.25, 0.3) is 0 Å². The fourth-order valence-electron chi connectivity index (χ4n) is 4.11. The summed E-state index contributed by atoms with van der Waals surface area (Å²) in [5.74, 6) is -1.34. The minimum atomic E-state index is -0.974. The topological polar surface area (TPSA) is 83.8 Å². The second kappa shape index (κ2) is 10.4. The highest BCUT2D eigenvalue weighted by Gasteiger charge is 2.47. The average Bonchev–Trinajstić information content (AvgIpc) is 2.70. The van der Waals surface area contributed by atoms with Gasteiger partial charge in [-0.05, 0) is 51.3 Å². The van der Waals surface area contributed by atoms with Gasteiger partial charge in [0.15, 0.2) is 5.78 Å². The zero-order chi connectivity index (χ0) is 23.3. The molecule has 0 saturated carbocycles. The van der Waals surface area contributed by atoms with Gasteiger partial charge in [0.1, 0.15) is 6.10 Å². The molecule has 0 radical (unpaired) electrons. The molecule has 0 aromatic rings. The van der Waals surface area contributed by atoms with E-state index in [4.69, 9.17) is 4.74 Å². The third-order valence-corrected chi connectivity index (χ3v) is 6.66. The van der Waals surface area contributed by atoms with Crippen molar-refractivity contribution in [1.82, 2.24) is 0 Å². The van der Waals surface area contributed by atoms with Crippen molar-refractivity contribution in [3.05, 3.63) is 60.3 Å². The van der Waals surface area contributed by atoms with Crippen LogP contribution in [0.1, 0.15) is 47.5 Å². The van der Waals surface area contributed by atoms with Gasteiger partial charge in [-0.2, -0.15) is 0 Å². The number of hydrogen-bond donors (Lipinski definition) is 2. The first-order chi connectivity index (χ1) is 14.5. The summed E-state index contributed by atoms with van der Waals surface area (Å²) in [5, 5.41) is 19.5. The van der Waals surface area contributed by atoms with Gasteiger partial charge in [0, 0.05) is 17.3 Å². The molecule has 0 aliphatic heterocycles. The Kier molecular flexibility index (Phi) is 8.38. The molecule has 0 bridgehead atoms. The first-order valence-corrected chi connectivity index (χ1v) is 11.0. The zero-order valence-electron chi connectivity index (χ0n) is 19.2. The van der Waals surface area contributed by atoms with Crippen molar-refractivity contribution >= 4 is 11.8 Å². The summed E-state index contributed by atoms with van der Waals surface area (Å²) in [7, 11) is 0. The predicted octanol–water partition coefficient (Wildman–Crippen LogP) is 4.08. The first kappa shape index (κ1) is 25.0. The summed E-state index contributed by atoms with van der Waals surface area (Å²) < 4.78 is 5.78. The number of ketones is 1. The Bertz CT molecular complexity index is 816. The number of allylic oxidation sites excluding steroid dienone is 6. The van der Waals surface area contributed by atoms with Crippen molar-refractivity contribution < 1.29 is 24.5 Å². The third-order valence-electron chi connectivity index (χ3n) is 6.66. The molecule has 0 aromatic heterocycles. The van der Waals surface area contributed by atoms with Gasteiger partial charge in [-0.25, -0.2) is 0 Å². The van der Waals surface area contributed by atoms with Crippen LogP contribution in [0.4, 0.5) is 0 Å². The molecule has 2 aliphatic rings. The molecule has 0 fully saturated rings. The fraction of sp³-hybridized carbons (Fsp3) is 0.538. The van der Waals surface area contributed by atoms with Gasteiger partial charge >= 0.3 is 5.97 Å². The summed E-state index contributed by atoms with van der Waals surface area (Å²) in [6, 6.07) is 0. The molecule has 0 amide bonds. The molecule has 0 saturated heterocycles. The lowest BCUT2D eigenvalue weighted by Crippen LogP contribution is -2.45. The van der Waals surface area contributed by atoms with Gasteiger partial charge in [0.2, 0.25) is 0 Å². The number of fused-ring (bicyclic) bond motifs is 1. The van der Waals surface area contributed by atoms with Gasteiger partial charge in [-0.15, -0.1) is 0 Å².